The van der Waals surface area contributed by atoms with E-state index in [1.165, 1.54) is 11.3 Å². The fourth-order valence-corrected chi connectivity index (χ4v) is 0.876. The highest BCUT2D eigenvalue weighted by atomic mass is 16.3. The predicted octanol–water partition coefficient (Wildman–Crippen LogP) is 1.32. The summed E-state index contributed by atoms with van der Waals surface area (Å²) in [5, 5.41) is 10.6. The molecular formula is C10H18N2O. The van der Waals surface area contributed by atoms with Crippen LogP contribution < -0.4 is 11.1 Å². The van der Waals surface area contributed by atoms with Crippen molar-refractivity contribution in [3.63, 3.8) is 0 Å². The molecule has 0 aliphatic carbocycles. The Labute approximate surface area is 79.6 Å². The Bertz CT molecular complexity index is 209. The third-order valence-electron chi connectivity index (χ3n) is 1.43. The van der Waals surface area contributed by atoms with E-state index in [0.29, 0.717) is 0 Å². The molecule has 0 spiro atoms. The molecule has 0 amide bonds. The zero-order valence-electron chi connectivity index (χ0n) is 8.25. The Morgan fingerprint density at radius 3 is 2.15 bits per heavy atom. The van der Waals surface area contributed by atoms with Gasteiger partial charge in [0.05, 0.1) is 6.73 Å². The molecule has 0 aliphatic rings. The van der Waals surface area contributed by atoms with E-state index in [9.17, 15) is 0 Å². The maximum Gasteiger partial charge on any atom is 0.0906 e. The standard InChI is InChI=1S/C9H13N.CH5NO/c1-3-10-9-6-4-8(2)5-7-9;2-1-3/h4-7,10H,3H2,1-2H3;3H,1-2H2. The molecule has 4 N–H and O–H groups in total. The van der Waals surface area contributed by atoms with Gasteiger partial charge in [-0.1, -0.05) is 17.7 Å². The van der Waals surface area contributed by atoms with Gasteiger partial charge in [-0.25, -0.2) is 0 Å². The van der Waals surface area contributed by atoms with Gasteiger partial charge in [-0.15, -0.1) is 0 Å². The molecule has 0 aliphatic heterocycles. The summed E-state index contributed by atoms with van der Waals surface area (Å²) in [5.74, 6) is 0. The van der Waals surface area contributed by atoms with Crippen LogP contribution in [0.2, 0.25) is 0 Å². The lowest BCUT2D eigenvalue weighted by molar-refractivity contribution is 0.307. The van der Waals surface area contributed by atoms with Crippen molar-refractivity contribution in [2.75, 3.05) is 18.6 Å². The van der Waals surface area contributed by atoms with Crippen molar-refractivity contribution in [2.24, 2.45) is 5.73 Å². The number of aryl methyl sites for hydroxylation is 1. The zero-order chi connectivity index (χ0) is 10.1. The number of nitrogens with one attached hydrogen (secondary N) is 1. The topological polar surface area (TPSA) is 58.3 Å². The van der Waals surface area contributed by atoms with Crippen LogP contribution in [0.3, 0.4) is 0 Å². The van der Waals surface area contributed by atoms with E-state index in [4.69, 9.17) is 5.11 Å². The quantitative estimate of drug-likeness (QED) is 0.605. The summed E-state index contributed by atoms with van der Waals surface area (Å²) in [6.45, 7) is 4.93. The molecule has 0 atom stereocenters. The fourth-order valence-electron chi connectivity index (χ4n) is 0.876. The molecule has 0 saturated carbocycles. The summed E-state index contributed by atoms with van der Waals surface area (Å²) in [5.41, 5.74) is 6.91. The van der Waals surface area contributed by atoms with Crippen molar-refractivity contribution in [2.45, 2.75) is 13.8 Å². The van der Waals surface area contributed by atoms with E-state index >= 15 is 0 Å². The Morgan fingerprint density at radius 1 is 1.31 bits per heavy atom. The second kappa shape index (κ2) is 7.58. The SMILES string of the molecule is CCNc1ccc(C)cc1.NCO. The molecule has 13 heavy (non-hydrogen) atoms. The number of rotatable bonds is 2. The molecule has 0 fully saturated rings. The Kier molecular flexibility index (Phi) is 6.96. The number of benzene rings is 1. The lowest BCUT2D eigenvalue weighted by Crippen LogP contribution is -1.95. The first kappa shape index (κ1) is 11.9. The number of hydrogen-bond acceptors (Lipinski definition) is 3. The van der Waals surface area contributed by atoms with Crippen LogP contribution in [0.5, 0.6) is 0 Å². The fraction of sp³-hybridized carbons (Fsp3) is 0.400. The molecule has 0 radical (unpaired) electrons. The van der Waals surface area contributed by atoms with E-state index in [1.54, 1.807) is 0 Å². The first-order valence-electron chi connectivity index (χ1n) is 4.36. The summed E-state index contributed by atoms with van der Waals surface area (Å²) < 4.78 is 0. The van der Waals surface area contributed by atoms with Crippen molar-refractivity contribution in [1.82, 2.24) is 0 Å². The molecule has 0 bridgehead atoms. The maximum absolute atomic E-state index is 7.35. The van der Waals surface area contributed by atoms with E-state index in [0.717, 1.165) is 6.54 Å². The molecule has 74 valence electrons. The Hall–Kier alpha value is -1.06. The number of aliphatic hydroxyl groups excluding tert-OH is 1. The van der Waals surface area contributed by atoms with Gasteiger partial charge in [-0.2, -0.15) is 0 Å². The van der Waals surface area contributed by atoms with Gasteiger partial charge in [0.15, 0.2) is 0 Å². The average molecular weight is 182 g/mol. The van der Waals surface area contributed by atoms with Crippen molar-refractivity contribution >= 4 is 5.69 Å². The largest absolute Gasteiger partial charge is 0.385 e. The van der Waals surface area contributed by atoms with Crippen LogP contribution in [0.15, 0.2) is 24.3 Å². The molecule has 3 heteroatoms. The normalized spacial score (nSPS) is 8.62. The van der Waals surface area contributed by atoms with Gasteiger partial charge in [0.1, 0.15) is 0 Å². The van der Waals surface area contributed by atoms with Crippen LogP contribution >= 0.6 is 0 Å². The Balaban J connectivity index is 0.000000424. The molecule has 3 nitrogen and oxygen atoms in total. The number of aliphatic hydroxyl groups is 1. The number of nitrogens with two attached hydrogens (primary N) is 1. The minimum atomic E-state index is -0.250. The van der Waals surface area contributed by atoms with Crippen molar-refractivity contribution in [3.8, 4) is 0 Å². The van der Waals surface area contributed by atoms with Gasteiger partial charge in [0, 0.05) is 12.2 Å². The highest BCUT2D eigenvalue weighted by Crippen LogP contribution is 2.07. The minimum absolute atomic E-state index is 0.250. The highest BCUT2D eigenvalue weighted by molar-refractivity contribution is 5.43. The molecule has 1 aromatic carbocycles. The van der Waals surface area contributed by atoms with Crippen LogP contribution in [0, 0.1) is 6.92 Å². The van der Waals surface area contributed by atoms with Gasteiger partial charge >= 0.3 is 0 Å². The lowest BCUT2D eigenvalue weighted by atomic mass is 10.2. The first-order valence-corrected chi connectivity index (χ1v) is 4.36. The molecule has 1 rings (SSSR count). The van der Waals surface area contributed by atoms with Gasteiger partial charge in [-0.05, 0) is 26.0 Å². The van der Waals surface area contributed by atoms with E-state index in [1.807, 2.05) is 0 Å². The van der Waals surface area contributed by atoms with Crippen LogP contribution in [0.25, 0.3) is 0 Å². The van der Waals surface area contributed by atoms with E-state index in [2.05, 4.69) is 49.2 Å². The van der Waals surface area contributed by atoms with Crippen LogP contribution in [-0.4, -0.2) is 18.4 Å². The number of anilines is 1. The zero-order valence-corrected chi connectivity index (χ0v) is 8.25. The number of hydrogen-bond donors (Lipinski definition) is 3. The smallest absolute Gasteiger partial charge is 0.0906 e. The van der Waals surface area contributed by atoms with Crippen LogP contribution in [-0.2, 0) is 0 Å². The second-order valence-corrected chi connectivity index (χ2v) is 2.58. The monoisotopic (exact) mass is 182 g/mol. The summed E-state index contributed by atoms with van der Waals surface area (Å²) in [4.78, 5) is 0. The van der Waals surface area contributed by atoms with Gasteiger partial charge in [0.2, 0.25) is 0 Å². The summed E-state index contributed by atoms with van der Waals surface area (Å²) in [7, 11) is 0. The molecule has 0 unspecified atom stereocenters. The molecule has 0 saturated heterocycles. The molecule has 0 heterocycles. The molecule has 0 aromatic heterocycles. The van der Waals surface area contributed by atoms with E-state index in [-0.39, 0.29) is 6.73 Å². The summed E-state index contributed by atoms with van der Waals surface area (Å²) in [6.07, 6.45) is 0. The second-order valence-electron chi connectivity index (χ2n) is 2.58. The van der Waals surface area contributed by atoms with Crippen molar-refractivity contribution < 1.29 is 5.11 Å². The summed E-state index contributed by atoms with van der Waals surface area (Å²) in [6, 6.07) is 8.41. The minimum Gasteiger partial charge on any atom is -0.385 e. The van der Waals surface area contributed by atoms with Gasteiger partial charge in [-0.3, -0.25) is 0 Å². The van der Waals surface area contributed by atoms with E-state index < -0.39 is 0 Å². The third kappa shape index (κ3) is 6.13. The first-order chi connectivity index (χ1) is 6.24. The average Bonchev–Trinajstić information content (AvgIpc) is 2.11. The van der Waals surface area contributed by atoms with Gasteiger partial charge in [0.25, 0.3) is 0 Å². The van der Waals surface area contributed by atoms with Crippen LogP contribution in [0.1, 0.15) is 12.5 Å². The molecule has 1 aromatic rings. The van der Waals surface area contributed by atoms with Crippen molar-refractivity contribution in [1.29, 1.82) is 0 Å². The highest BCUT2D eigenvalue weighted by Gasteiger charge is 1.86. The third-order valence-corrected chi connectivity index (χ3v) is 1.43. The van der Waals surface area contributed by atoms with Crippen LogP contribution in [0.4, 0.5) is 5.69 Å². The van der Waals surface area contributed by atoms with Crippen molar-refractivity contribution in [3.05, 3.63) is 29.8 Å². The maximum atomic E-state index is 7.35. The predicted molar refractivity (Wildman–Crippen MR) is 56.6 cm³/mol. The Morgan fingerprint density at radius 2 is 1.77 bits per heavy atom. The summed E-state index contributed by atoms with van der Waals surface area (Å²) >= 11 is 0. The lowest BCUT2D eigenvalue weighted by Gasteiger charge is -2.01. The van der Waals surface area contributed by atoms with Gasteiger partial charge < -0.3 is 16.2 Å². The molecular weight excluding hydrogens is 164 g/mol.